The Labute approximate surface area is 108 Å². The van der Waals surface area contributed by atoms with Gasteiger partial charge in [-0.2, -0.15) is 5.10 Å². The van der Waals surface area contributed by atoms with Crippen molar-refractivity contribution in [3.8, 4) is 0 Å². The summed E-state index contributed by atoms with van der Waals surface area (Å²) in [6.45, 7) is 2.27. The third-order valence-electron chi connectivity index (χ3n) is 2.68. The van der Waals surface area contributed by atoms with Gasteiger partial charge in [0.25, 0.3) is 0 Å². The summed E-state index contributed by atoms with van der Waals surface area (Å²) in [6.07, 6.45) is 0.421. The minimum Gasteiger partial charge on any atom is -0.323 e. The van der Waals surface area contributed by atoms with Crippen molar-refractivity contribution in [2.24, 2.45) is 15.9 Å². The number of carbonyl (C=O) groups is 1. The van der Waals surface area contributed by atoms with Crippen LogP contribution in [0.15, 0.2) is 32.8 Å². The van der Waals surface area contributed by atoms with Crippen LogP contribution in [0, 0.1) is 0 Å². The van der Waals surface area contributed by atoms with Crippen LogP contribution < -0.4 is 5.84 Å². The van der Waals surface area contributed by atoms with Gasteiger partial charge in [0.2, 0.25) is 0 Å². The lowest BCUT2D eigenvalue weighted by molar-refractivity contribution is 0.0986. The largest absolute Gasteiger partial charge is 0.323 e. The number of fused-ring (bicyclic) bond motifs is 1. The highest BCUT2D eigenvalue weighted by atomic mass is 79.9. The second kappa shape index (κ2) is 4.79. The molecule has 0 aromatic heterocycles. The van der Waals surface area contributed by atoms with E-state index in [-0.39, 0.29) is 5.78 Å². The maximum Gasteiger partial charge on any atom is 0.165 e. The molecular weight excluding hydrogens is 282 g/mol. The Morgan fingerprint density at radius 3 is 2.94 bits per heavy atom. The summed E-state index contributed by atoms with van der Waals surface area (Å²) in [6, 6.07) is 5.58. The normalized spacial score (nSPS) is 16.2. The van der Waals surface area contributed by atoms with E-state index in [1.54, 1.807) is 6.92 Å². The smallest absolute Gasteiger partial charge is 0.165 e. The number of hydrogen-bond acceptors (Lipinski definition) is 4. The molecular formula is C12H12BrN3O. The molecule has 0 amide bonds. The predicted molar refractivity (Wildman–Crippen MR) is 71.8 cm³/mol. The van der Waals surface area contributed by atoms with Crippen molar-refractivity contribution in [1.29, 1.82) is 0 Å². The first-order chi connectivity index (χ1) is 8.13. The fourth-order valence-electron chi connectivity index (χ4n) is 1.81. The van der Waals surface area contributed by atoms with Gasteiger partial charge in [0, 0.05) is 28.6 Å². The van der Waals surface area contributed by atoms with Crippen LogP contribution >= 0.6 is 15.9 Å². The Morgan fingerprint density at radius 1 is 1.47 bits per heavy atom. The zero-order chi connectivity index (χ0) is 12.4. The summed E-state index contributed by atoms with van der Waals surface area (Å²) < 4.78 is 0.883. The van der Waals surface area contributed by atoms with Gasteiger partial charge in [0.1, 0.15) is 0 Å². The zero-order valence-electron chi connectivity index (χ0n) is 9.40. The molecule has 0 bridgehead atoms. The molecule has 0 radical (unpaired) electrons. The average Bonchev–Trinajstić information content (AvgIpc) is 2.48. The molecule has 0 saturated carbocycles. The Kier molecular flexibility index (Phi) is 3.38. The molecule has 88 valence electrons. The van der Waals surface area contributed by atoms with Crippen molar-refractivity contribution in [3.05, 3.63) is 33.8 Å². The number of hydrazone groups is 1. The van der Waals surface area contributed by atoms with Crippen molar-refractivity contribution in [3.63, 3.8) is 0 Å². The van der Waals surface area contributed by atoms with Crippen molar-refractivity contribution in [2.45, 2.75) is 13.3 Å². The van der Waals surface area contributed by atoms with Crippen molar-refractivity contribution >= 4 is 33.1 Å². The van der Waals surface area contributed by atoms with E-state index in [2.05, 4.69) is 26.0 Å². The van der Waals surface area contributed by atoms with E-state index in [9.17, 15) is 4.79 Å². The van der Waals surface area contributed by atoms with E-state index in [4.69, 9.17) is 5.84 Å². The number of Topliss-reactive ketones (excluding diaryl/α,β-unsaturated/α-hetero) is 1. The molecule has 0 fully saturated rings. The predicted octanol–water partition coefficient (Wildman–Crippen LogP) is 2.16. The zero-order valence-corrected chi connectivity index (χ0v) is 11.0. The Hall–Kier alpha value is -1.49. The lowest BCUT2D eigenvalue weighted by Crippen LogP contribution is -2.16. The number of benzene rings is 1. The molecule has 0 unspecified atom stereocenters. The number of halogens is 1. The van der Waals surface area contributed by atoms with Gasteiger partial charge in [-0.3, -0.25) is 9.79 Å². The molecule has 4 nitrogen and oxygen atoms in total. The summed E-state index contributed by atoms with van der Waals surface area (Å²) in [7, 11) is 0. The highest BCUT2D eigenvalue weighted by Crippen LogP contribution is 2.21. The van der Waals surface area contributed by atoms with Crippen molar-refractivity contribution < 1.29 is 4.79 Å². The molecule has 2 N–H and O–H groups in total. The van der Waals surface area contributed by atoms with E-state index in [0.29, 0.717) is 30.0 Å². The molecule has 1 heterocycles. The van der Waals surface area contributed by atoms with Crippen LogP contribution in [0.4, 0.5) is 0 Å². The Balaban J connectivity index is 2.63. The lowest BCUT2D eigenvalue weighted by atomic mass is 9.97. The third kappa shape index (κ3) is 2.29. The van der Waals surface area contributed by atoms with Gasteiger partial charge in [0.05, 0.1) is 11.4 Å². The summed E-state index contributed by atoms with van der Waals surface area (Å²) in [5.74, 6) is 5.39. The number of aliphatic imine (C=N–C) groups is 1. The third-order valence-corrected chi connectivity index (χ3v) is 3.18. The Bertz CT molecular complexity index is 535. The molecule has 1 aromatic carbocycles. The highest BCUT2D eigenvalue weighted by Gasteiger charge is 2.20. The van der Waals surface area contributed by atoms with Gasteiger partial charge in [-0.15, -0.1) is 0 Å². The number of carbonyl (C=O) groups excluding carboxylic acids is 1. The molecule has 1 aromatic rings. The lowest BCUT2D eigenvalue weighted by Gasteiger charge is -2.08. The molecule has 0 spiro atoms. The van der Waals surface area contributed by atoms with Crippen LogP contribution in [0.1, 0.15) is 29.3 Å². The molecule has 5 heteroatoms. The van der Waals surface area contributed by atoms with Gasteiger partial charge in [0.15, 0.2) is 5.78 Å². The number of nitrogens with two attached hydrogens (primary N) is 1. The summed E-state index contributed by atoms with van der Waals surface area (Å²) in [5.41, 5.74) is 2.84. The van der Waals surface area contributed by atoms with Crippen LogP contribution in [0.2, 0.25) is 0 Å². The molecule has 17 heavy (non-hydrogen) atoms. The first-order valence-corrected chi connectivity index (χ1v) is 6.05. The van der Waals surface area contributed by atoms with Crippen LogP contribution in [-0.4, -0.2) is 23.8 Å². The topological polar surface area (TPSA) is 67.8 Å². The van der Waals surface area contributed by atoms with Gasteiger partial charge >= 0.3 is 0 Å². The van der Waals surface area contributed by atoms with E-state index >= 15 is 0 Å². The monoisotopic (exact) mass is 293 g/mol. The van der Waals surface area contributed by atoms with Crippen LogP contribution in [0.25, 0.3) is 0 Å². The number of ketones is 1. The van der Waals surface area contributed by atoms with Crippen molar-refractivity contribution in [1.82, 2.24) is 0 Å². The first kappa shape index (κ1) is 12.0. The van der Waals surface area contributed by atoms with Gasteiger partial charge in [-0.1, -0.05) is 22.0 Å². The second-order valence-electron chi connectivity index (χ2n) is 3.81. The van der Waals surface area contributed by atoms with Gasteiger partial charge < -0.3 is 5.84 Å². The minimum atomic E-state index is 0.102. The van der Waals surface area contributed by atoms with E-state index in [1.165, 1.54) is 0 Å². The molecule has 2 rings (SSSR count). The fraction of sp³-hybridized carbons (Fsp3) is 0.250. The quantitative estimate of drug-likeness (QED) is 0.490. The molecule has 1 aliphatic rings. The number of hydrogen-bond donors (Lipinski definition) is 1. The summed E-state index contributed by atoms with van der Waals surface area (Å²) in [5, 5.41) is 3.66. The molecule has 0 saturated heterocycles. The SMILES string of the molecule is CC(=NN)C1=NCCC(=O)c2cc(Br)ccc21. The highest BCUT2D eigenvalue weighted by molar-refractivity contribution is 9.10. The minimum absolute atomic E-state index is 0.102. The Morgan fingerprint density at radius 2 is 2.24 bits per heavy atom. The number of rotatable bonds is 1. The summed E-state index contributed by atoms with van der Waals surface area (Å²) >= 11 is 3.37. The van der Waals surface area contributed by atoms with E-state index in [0.717, 1.165) is 10.0 Å². The van der Waals surface area contributed by atoms with Crippen LogP contribution in [-0.2, 0) is 0 Å². The molecule has 0 aliphatic carbocycles. The van der Waals surface area contributed by atoms with Crippen LogP contribution in [0.3, 0.4) is 0 Å². The van der Waals surface area contributed by atoms with E-state index in [1.807, 2.05) is 18.2 Å². The maximum atomic E-state index is 11.9. The van der Waals surface area contributed by atoms with Crippen molar-refractivity contribution in [2.75, 3.05) is 6.54 Å². The van der Waals surface area contributed by atoms with E-state index < -0.39 is 0 Å². The average molecular weight is 294 g/mol. The molecule has 1 aliphatic heterocycles. The second-order valence-corrected chi connectivity index (χ2v) is 4.72. The maximum absolute atomic E-state index is 11.9. The first-order valence-electron chi connectivity index (χ1n) is 5.26. The summed E-state index contributed by atoms with van der Waals surface area (Å²) in [4.78, 5) is 16.3. The van der Waals surface area contributed by atoms with Gasteiger partial charge in [-0.25, -0.2) is 0 Å². The van der Waals surface area contributed by atoms with Crippen LogP contribution in [0.5, 0.6) is 0 Å². The fourth-order valence-corrected chi connectivity index (χ4v) is 2.17. The van der Waals surface area contributed by atoms with Gasteiger partial charge in [-0.05, 0) is 19.1 Å². The number of nitrogens with zero attached hydrogens (tertiary/aromatic N) is 2. The molecule has 0 atom stereocenters. The standard InChI is InChI=1S/C12H12BrN3O/c1-7(16-14)12-9-3-2-8(13)6-10(9)11(17)4-5-15-12/h2-3,6H,4-5,14H2,1H3.